The molecule has 0 unspecified atom stereocenters. The Morgan fingerprint density at radius 3 is 2.17 bits per heavy atom. The van der Waals surface area contributed by atoms with Crippen molar-refractivity contribution in [1.29, 1.82) is 0 Å². The Hall–Kier alpha value is -2.40. The first-order valence-corrected chi connectivity index (χ1v) is 14.1. The number of carbonyl (C=O) groups excluding carboxylic acids is 1. The van der Waals surface area contributed by atoms with Gasteiger partial charge in [-0.15, -0.1) is 0 Å². The molecule has 0 heterocycles. The lowest BCUT2D eigenvalue weighted by Gasteiger charge is -2.08. The molecule has 0 saturated carbocycles. The topological polar surface area (TPSA) is 62.7 Å². The largest absolute Gasteiger partial charge is 0.465 e. The second kappa shape index (κ2) is 27.2. The molecule has 1 aliphatic rings. The molecule has 5 heteroatoms. The summed E-state index contributed by atoms with van der Waals surface area (Å²) in [6.45, 7) is 20.3. The molecule has 0 spiro atoms. The summed E-state index contributed by atoms with van der Waals surface area (Å²) in [7, 11) is 0. The first kappa shape index (κ1) is 35.8. The van der Waals surface area contributed by atoms with Crippen LogP contribution in [0.3, 0.4) is 0 Å². The Bertz CT molecular complexity index is 716. The molecule has 206 valence electrons. The van der Waals surface area contributed by atoms with E-state index >= 15 is 0 Å². The van der Waals surface area contributed by atoms with Gasteiger partial charge in [0.25, 0.3) is 0 Å². The van der Waals surface area contributed by atoms with Crippen molar-refractivity contribution in [2.24, 2.45) is 4.99 Å². The highest BCUT2D eigenvalue weighted by Gasteiger charge is 2.02. The van der Waals surface area contributed by atoms with Crippen LogP contribution in [0.15, 0.2) is 52.6 Å². The maximum atomic E-state index is 11.3. The van der Waals surface area contributed by atoms with Crippen molar-refractivity contribution in [3.63, 3.8) is 0 Å². The zero-order chi connectivity index (χ0) is 27.4. The summed E-state index contributed by atoms with van der Waals surface area (Å²) in [5.41, 5.74) is 4.75. The van der Waals surface area contributed by atoms with E-state index < -0.39 is 0 Å². The van der Waals surface area contributed by atoms with Crippen LogP contribution in [0.5, 0.6) is 0 Å². The fourth-order valence-corrected chi connectivity index (χ4v) is 2.85. The van der Waals surface area contributed by atoms with Gasteiger partial charge in [0.2, 0.25) is 0 Å². The van der Waals surface area contributed by atoms with Crippen LogP contribution in [0.25, 0.3) is 0 Å². The second-order valence-corrected chi connectivity index (χ2v) is 8.39. The Labute approximate surface area is 222 Å². The van der Waals surface area contributed by atoms with Gasteiger partial charge in [0, 0.05) is 11.9 Å². The average molecular weight is 502 g/mol. The number of anilines is 1. The molecule has 0 atom stereocenters. The van der Waals surface area contributed by atoms with Crippen LogP contribution in [-0.2, 0) is 16.1 Å². The molecule has 0 aromatic heterocycles. The standard InChI is InChI=1S/C19H24N2O2.C7H17N.C3H8.C2H6/c1-3-23-19(22)14-21-18-10-8-17(9-11-18)13-20-12-16-6-4-15(2)5-7-16;1-3-5-7-8-6-4-2;1-3-2;1-2/h4,6,8-12,21H,3,5,7,13-14H2,1-2H3;8H,3-7H2,1-2H3;3H2,1-2H3;1-2H3. The molecule has 1 aromatic rings. The Balaban J connectivity index is 0. The van der Waals surface area contributed by atoms with Crippen LogP contribution in [0, 0.1) is 0 Å². The molecule has 0 saturated heterocycles. The fourth-order valence-electron chi connectivity index (χ4n) is 2.85. The molecule has 0 fully saturated rings. The van der Waals surface area contributed by atoms with E-state index in [4.69, 9.17) is 4.74 Å². The summed E-state index contributed by atoms with van der Waals surface area (Å²) in [5.74, 6) is -0.244. The molecular weight excluding hydrogens is 446 g/mol. The predicted molar refractivity (Wildman–Crippen MR) is 160 cm³/mol. The number of aliphatic imine (C=N–C) groups is 1. The average Bonchev–Trinajstić information content (AvgIpc) is 2.90. The number of unbranched alkanes of at least 4 members (excludes halogenated alkanes) is 1. The van der Waals surface area contributed by atoms with E-state index in [1.54, 1.807) is 6.92 Å². The van der Waals surface area contributed by atoms with E-state index in [-0.39, 0.29) is 12.5 Å². The summed E-state index contributed by atoms with van der Waals surface area (Å²) >= 11 is 0. The zero-order valence-electron chi connectivity index (χ0n) is 24.6. The summed E-state index contributed by atoms with van der Waals surface area (Å²) in [4.78, 5) is 15.8. The minimum Gasteiger partial charge on any atom is -0.465 e. The van der Waals surface area contributed by atoms with Crippen molar-refractivity contribution < 1.29 is 9.53 Å². The fraction of sp³-hybridized carbons (Fsp3) is 0.613. The number of benzene rings is 1. The van der Waals surface area contributed by atoms with Gasteiger partial charge >= 0.3 is 5.97 Å². The lowest BCUT2D eigenvalue weighted by molar-refractivity contribution is -0.140. The van der Waals surface area contributed by atoms with Crippen LogP contribution in [-0.4, -0.2) is 38.4 Å². The predicted octanol–water partition coefficient (Wildman–Crippen LogP) is 8.13. The highest BCUT2D eigenvalue weighted by atomic mass is 16.5. The maximum Gasteiger partial charge on any atom is 0.325 e. The monoisotopic (exact) mass is 501 g/mol. The molecule has 5 nitrogen and oxygen atoms in total. The van der Waals surface area contributed by atoms with Crippen LogP contribution >= 0.6 is 0 Å². The van der Waals surface area contributed by atoms with Crippen LogP contribution in [0.1, 0.15) is 99.5 Å². The Kier molecular flexibility index (Phi) is 27.0. The van der Waals surface area contributed by atoms with E-state index in [0.717, 1.165) is 24.1 Å². The van der Waals surface area contributed by atoms with E-state index in [1.165, 1.54) is 49.9 Å². The van der Waals surface area contributed by atoms with Gasteiger partial charge in [-0.05, 0) is 75.9 Å². The van der Waals surface area contributed by atoms with Gasteiger partial charge in [0.15, 0.2) is 0 Å². The number of esters is 1. The molecule has 0 amide bonds. The first-order chi connectivity index (χ1) is 17.5. The summed E-state index contributed by atoms with van der Waals surface area (Å²) in [6, 6.07) is 7.94. The van der Waals surface area contributed by atoms with Crippen molar-refractivity contribution in [3.05, 3.63) is 53.1 Å². The van der Waals surface area contributed by atoms with Crippen molar-refractivity contribution in [2.45, 2.75) is 100 Å². The van der Waals surface area contributed by atoms with Gasteiger partial charge in [0.1, 0.15) is 6.54 Å². The Morgan fingerprint density at radius 1 is 0.972 bits per heavy atom. The van der Waals surface area contributed by atoms with Gasteiger partial charge in [-0.2, -0.15) is 0 Å². The van der Waals surface area contributed by atoms with Gasteiger partial charge in [-0.25, -0.2) is 0 Å². The minimum atomic E-state index is -0.244. The van der Waals surface area contributed by atoms with Crippen LogP contribution in [0.4, 0.5) is 5.69 Å². The van der Waals surface area contributed by atoms with Crippen molar-refractivity contribution in [1.82, 2.24) is 5.32 Å². The lowest BCUT2D eigenvalue weighted by atomic mass is 10.0. The van der Waals surface area contributed by atoms with Crippen LogP contribution in [0.2, 0.25) is 0 Å². The third-order valence-corrected chi connectivity index (χ3v) is 4.75. The normalized spacial score (nSPS) is 12.0. The van der Waals surface area contributed by atoms with E-state index in [1.807, 2.05) is 44.3 Å². The number of nitrogens with zero attached hydrogens (tertiary/aromatic N) is 1. The summed E-state index contributed by atoms with van der Waals surface area (Å²) in [6.07, 6.45) is 13.6. The molecule has 2 N–H and O–H groups in total. The number of nitrogens with one attached hydrogen (secondary N) is 2. The Morgan fingerprint density at radius 2 is 1.64 bits per heavy atom. The molecular formula is C31H55N3O2. The van der Waals surface area contributed by atoms with Crippen molar-refractivity contribution in [3.8, 4) is 0 Å². The van der Waals surface area contributed by atoms with Gasteiger partial charge < -0.3 is 15.4 Å². The number of allylic oxidation sites excluding steroid dienone is 4. The third-order valence-electron chi connectivity index (χ3n) is 4.75. The highest BCUT2D eigenvalue weighted by molar-refractivity contribution is 5.79. The van der Waals surface area contributed by atoms with Gasteiger partial charge in [-0.1, -0.05) is 84.2 Å². The maximum absolute atomic E-state index is 11.3. The smallest absolute Gasteiger partial charge is 0.325 e. The number of hydrogen-bond acceptors (Lipinski definition) is 5. The van der Waals surface area contributed by atoms with E-state index in [9.17, 15) is 4.79 Å². The lowest BCUT2D eigenvalue weighted by Crippen LogP contribution is -2.16. The molecule has 0 radical (unpaired) electrons. The molecule has 36 heavy (non-hydrogen) atoms. The number of carbonyl (C=O) groups is 1. The van der Waals surface area contributed by atoms with Gasteiger partial charge in [0.05, 0.1) is 13.2 Å². The highest BCUT2D eigenvalue weighted by Crippen LogP contribution is 2.16. The number of rotatable bonds is 12. The molecule has 0 aliphatic heterocycles. The SMILES string of the molecule is CC.CCC.CCCCNCCC.CCOC(=O)CNc1ccc(CN=CC2=CC=C(C)CC2)cc1. The van der Waals surface area contributed by atoms with E-state index in [2.05, 4.69) is 62.4 Å². The van der Waals surface area contributed by atoms with Crippen LogP contribution < -0.4 is 10.6 Å². The van der Waals surface area contributed by atoms with Gasteiger partial charge in [-0.3, -0.25) is 9.79 Å². The summed E-state index contributed by atoms with van der Waals surface area (Å²) < 4.78 is 4.87. The quantitative estimate of drug-likeness (QED) is 0.172. The first-order valence-electron chi connectivity index (χ1n) is 14.1. The van der Waals surface area contributed by atoms with Crippen molar-refractivity contribution in [2.75, 3.05) is 31.6 Å². The number of hydrogen-bond donors (Lipinski definition) is 2. The molecule has 0 bridgehead atoms. The number of ether oxygens (including phenoxy) is 1. The minimum absolute atomic E-state index is 0.187. The second-order valence-electron chi connectivity index (χ2n) is 8.39. The molecule has 1 aromatic carbocycles. The van der Waals surface area contributed by atoms with Crippen molar-refractivity contribution >= 4 is 17.9 Å². The zero-order valence-corrected chi connectivity index (χ0v) is 24.6. The molecule has 2 rings (SSSR count). The van der Waals surface area contributed by atoms with E-state index in [0.29, 0.717) is 13.2 Å². The summed E-state index contributed by atoms with van der Waals surface area (Å²) in [5, 5.41) is 6.38. The third kappa shape index (κ3) is 22.1. The molecule has 1 aliphatic carbocycles.